The summed E-state index contributed by atoms with van der Waals surface area (Å²) < 4.78 is 19.1. The molecule has 9 nitrogen and oxygen atoms in total. The van der Waals surface area contributed by atoms with Crippen molar-refractivity contribution in [3.63, 3.8) is 0 Å². The van der Waals surface area contributed by atoms with Gasteiger partial charge in [0.25, 0.3) is 0 Å². The number of amides is 1. The summed E-state index contributed by atoms with van der Waals surface area (Å²) in [6.07, 6.45) is 6.67. The summed E-state index contributed by atoms with van der Waals surface area (Å²) in [6, 6.07) is 12.4. The second kappa shape index (κ2) is 10.9. The Hall–Kier alpha value is -4.21. The van der Waals surface area contributed by atoms with Gasteiger partial charge in [-0.05, 0) is 75.6 Å². The zero-order chi connectivity index (χ0) is 27.6. The third-order valence-electron chi connectivity index (χ3n) is 6.73. The summed E-state index contributed by atoms with van der Waals surface area (Å²) >= 11 is 0. The first kappa shape index (κ1) is 26.4. The number of anilines is 1. The summed E-state index contributed by atoms with van der Waals surface area (Å²) in [5.74, 6) is 1.55. The van der Waals surface area contributed by atoms with Gasteiger partial charge in [0.2, 0.25) is 0 Å². The van der Waals surface area contributed by atoms with Crippen molar-refractivity contribution in [1.82, 2.24) is 25.2 Å². The van der Waals surface area contributed by atoms with E-state index in [4.69, 9.17) is 15.1 Å². The number of aromatic nitrogens is 3. The normalized spacial score (nSPS) is 17.9. The van der Waals surface area contributed by atoms with Crippen molar-refractivity contribution in [1.29, 1.82) is 5.41 Å². The second-order valence-electron chi connectivity index (χ2n) is 10.9. The first-order chi connectivity index (χ1) is 18.6. The quantitative estimate of drug-likeness (QED) is 0.300. The van der Waals surface area contributed by atoms with Crippen molar-refractivity contribution in [2.45, 2.75) is 51.3 Å². The lowest BCUT2D eigenvalue weighted by Gasteiger charge is -2.40. The molecule has 10 heteroatoms. The van der Waals surface area contributed by atoms with Gasteiger partial charge in [-0.3, -0.25) is 5.41 Å². The molecule has 0 spiro atoms. The maximum Gasteiger partial charge on any atom is 0.407 e. The number of imidazole rings is 1. The number of amidine groups is 1. The number of carbonyl (C=O) groups excluding carboxylic acids is 1. The number of nitrogens with one attached hydrogen (secondary N) is 3. The number of rotatable bonds is 6. The molecule has 1 unspecified atom stereocenters. The lowest BCUT2D eigenvalue weighted by Crippen LogP contribution is -2.60. The van der Waals surface area contributed by atoms with Gasteiger partial charge in [-0.2, -0.15) is 0 Å². The molecule has 1 atom stereocenters. The fraction of sp³-hybridized carbons (Fsp3) is 0.379. The molecule has 2 saturated heterocycles. The van der Waals surface area contributed by atoms with Crippen LogP contribution in [0.2, 0.25) is 0 Å². The number of alkyl carbamates (subject to hydrolysis) is 1. The zero-order valence-corrected chi connectivity index (χ0v) is 22.4. The molecule has 2 aromatic heterocycles. The minimum atomic E-state index is -0.527. The van der Waals surface area contributed by atoms with E-state index in [-0.39, 0.29) is 17.9 Å². The van der Waals surface area contributed by atoms with Crippen molar-refractivity contribution in [3.05, 3.63) is 71.9 Å². The fourth-order valence-electron chi connectivity index (χ4n) is 4.90. The number of halogens is 1. The highest BCUT2D eigenvalue weighted by Gasteiger charge is 2.31. The number of nitrogens with zero attached hydrogens (tertiary/aromatic N) is 4. The highest BCUT2D eigenvalue weighted by molar-refractivity contribution is 5.94. The van der Waals surface area contributed by atoms with Crippen molar-refractivity contribution in [3.8, 4) is 11.4 Å². The second-order valence-corrected chi connectivity index (χ2v) is 10.9. The Balaban J connectivity index is 1.18. The molecule has 4 heterocycles. The minimum absolute atomic E-state index is 0.00242. The number of pyridine rings is 1. The van der Waals surface area contributed by atoms with Crippen LogP contribution in [0.3, 0.4) is 0 Å². The largest absolute Gasteiger partial charge is 0.444 e. The van der Waals surface area contributed by atoms with Gasteiger partial charge in [0, 0.05) is 19.6 Å². The Kier molecular flexibility index (Phi) is 7.36. The SMILES string of the molecule is CC(C)(C)OC(=O)NC1CN(c2cccc(-c3cnc(/C=C\C(=N)N4CCCC4c4cccc(F)c4)[nH]3)n2)C1. The molecule has 2 aliphatic heterocycles. The van der Waals surface area contributed by atoms with Gasteiger partial charge in [0.15, 0.2) is 0 Å². The Morgan fingerprint density at radius 2 is 2.03 bits per heavy atom. The average Bonchev–Trinajstić information content (AvgIpc) is 3.54. The average molecular weight is 532 g/mol. The van der Waals surface area contributed by atoms with Crippen molar-refractivity contribution in [2.75, 3.05) is 24.5 Å². The van der Waals surface area contributed by atoms with E-state index in [0.717, 1.165) is 42.2 Å². The maximum atomic E-state index is 13.7. The summed E-state index contributed by atoms with van der Waals surface area (Å²) in [7, 11) is 0. The predicted molar refractivity (Wildman–Crippen MR) is 149 cm³/mol. The molecule has 0 aliphatic carbocycles. The topological polar surface area (TPSA) is 110 Å². The zero-order valence-electron chi connectivity index (χ0n) is 22.4. The van der Waals surface area contributed by atoms with E-state index in [1.807, 2.05) is 49.9 Å². The van der Waals surface area contributed by atoms with Crippen LogP contribution in [0.25, 0.3) is 17.5 Å². The highest BCUT2D eigenvalue weighted by Crippen LogP contribution is 2.32. The summed E-state index contributed by atoms with van der Waals surface area (Å²) in [6.45, 7) is 7.59. The molecule has 1 amide bonds. The number of aromatic amines is 1. The third-order valence-corrected chi connectivity index (χ3v) is 6.73. The standard InChI is InChI=1S/C29H34FN7O2/c1-29(2,3)39-28(38)33-21-17-36(18-21)27-11-5-9-22(35-27)23-16-32-26(34-23)13-12-25(31)37-14-6-10-24(37)19-7-4-8-20(30)15-19/h4-5,7-9,11-13,15-16,21,24,31H,6,10,14,17-18H2,1-3H3,(H,32,34)(H,33,38)/b13-12-,31-25?. The Morgan fingerprint density at radius 1 is 1.23 bits per heavy atom. The highest BCUT2D eigenvalue weighted by atomic mass is 19.1. The first-order valence-electron chi connectivity index (χ1n) is 13.2. The Labute approximate surface area is 227 Å². The van der Waals surface area contributed by atoms with E-state index < -0.39 is 11.7 Å². The molecule has 204 valence electrons. The lowest BCUT2D eigenvalue weighted by atomic mass is 10.0. The number of benzene rings is 1. The number of H-pyrrole nitrogens is 1. The fourth-order valence-corrected chi connectivity index (χ4v) is 4.90. The maximum absolute atomic E-state index is 13.7. The van der Waals surface area contributed by atoms with Gasteiger partial charge in [0.05, 0.1) is 29.7 Å². The molecule has 0 saturated carbocycles. The van der Waals surface area contributed by atoms with E-state index >= 15 is 0 Å². The summed E-state index contributed by atoms with van der Waals surface area (Å²) in [4.78, 5) is 28.6. The molecule has 3 N–H and O–H groups in total. The smallest absolute Gasteiger partial charge is 0.407 e. The molecule has 1 aromatic carbocycles. The molecule has 0 radical (unpaired) electrons. The molecular weight excluding hydrogens is 497 g/mol. The summed E-state index contributed by atoms with van der Waals surface area (Å²) in [5.41, 5.74) is 1.89. The molecule has 2 aliphatic rings. The predicted octanol–water partition coefficient (Wildman–Crippen LogP) is 5.15. The number of ether oxygens (including phenoxy) is 1. The molecule has 2 fully saturated rings. The molecule has 3 aromatic rings. The van der Waals surface area contributed by atoms with Crippen LogP contribution in [0.1, 0.15) is 51.0 Å². The lowest BCUT2D eigenvalue weighted by molar-refractivity contribution is 0.0496. The van der Waals surface area contributed by atoms with Gasteiger partial charge in [-0.15, -0.1) is 0 Å². The molecule has 39 heavy (non-hydrogen) atoms. The van der Waals surface area contributed by atoms with Crippen LogP contribution < -0.4 is 10.2 Å². The monoisotopic (exact) mass is 531 g/mol. The van der Waals surface area contributed by atoms with Crippen molar-refractivity contribution in [2.24, 2.45) is 0 Å². The van der Waals surface area contributed by atoms with Crippen LogP contribution >= 0.6 is 0 Å². The third kappa shape index (κ3) is 6.45. The number of hydrogen-bond acceptors (Lipinski definition) is 6. The number of hydrogen-bond donors (Lipinski definition) is 3. The Morgan fingerprint density at radius 3 is 2.79 bits per heavy atom. The molecule has 0 bridgehead atoms. The summed E-state index contributed by atoms with van der Waals surface area (Å²) in [5, 5.41) is 11.5. The van der Waals surface area contributed by atoms with Crippen LogP contribution in [0.15, 0.2) is 54.7 Å². The van der Waals surface area contributed by atoms with Crippen LogP contribution in [0.5, 0.6) is 0 Å². The van der Waals surface area contributed by atoms with Gasteiger partial charge >= 0.3 is 6.09 Å². The van der Waals surface area contributed by atoms with E-state index in [9.17, 15) is 9.18 Å². The van der Waals surface area contributed by atoms with Crippen LogP contribution in [0, 0.1) is 11.2 Å². The molecular formula is C29H34FN7O2. The van der Waals surface area contributed by atoms with Crippen LogP contribution in [-0.4, -0.2) is 63.1 Å². The Bertz CT molecular complexity index is 1370. The van der Waals surface area contributed by atoms with E-state index in [0.29, 0.717) is 24.7 Å². The first-order valence-corrected chi connectivity index (χ1v) is 13.2. The van der Waals surface area contributed by atoms with Gasteiger partial charge in [-0.25, -0.2) is 19.2 Å². The van der Waals surface area contributed by atoms with Crippen molar-refractivity contribution >= 4 is 23.8 Å². The van der Waals surface area contributed by atoms with Gasteiger partial charge in [-0.1, -0.05) is 18.2 Å². The number of likely N-dealkylation sites (tertiary alicyclic amines) is 1. The van der Waals surface area contributed by atoms with E-state index in [2.05, 4.69) is 20.2 Å². The van der Waals surface area contributed by atoms with E-state index in [1.165, 1.54) is 6.07 Å². The minimum Gasteiger partial charge on any atom is -0.444 e. The van der Waals surface area contributed by atoms with Gasteiger partial charge in [0.1, 0.15) is 28.9 Å². The van der Waals surface area contributed by atoms with Crippen LogP contribution in [0.4, 0.5) is 15.0 Å². The van der Waals surface area contributed by atoms with Crippen molar-refractivity contribution < 1.29 is 13.9 Å². The van der Waals surface area contributed by atoms with Gasteiger partial charge < -0.3 is 24.8 Å². The molecule has 5 rings (SSSR count). The van der Waals surface area contributed by atoms with Crippen LogP contribution in [-0.2, 0) is 4.74 Å². The number of carbonyl (C=O) groups is 1. The van der Waals surface area contributed by atoms with E-state index in [1.54, 1.807) is 30.5 Å².